The zero-order valence-electron chi connectivity index (χ0n) is 11.6. The fourth-order valence-electron chi connectivity index (χ4n) is 2.88. The van der Waals surface area contributed by atoms with Gasteiger partial charge < -0.3 is 10.4 Å². The minimum absolute atomic E-state index is 0.218. The van der Waals surface area contributed by atoms with Gasteiger partial charge in [0.1, 0.15) is 0 Å². The lowest BCUT2D eigenvalue weighted by atomic mass is 9.98. The average molecular weight is 267 g/mol. The summed E-state index contributed by atoms with van der Waals surface area (Å²) in [6, 6.07) is 19.1. The molecule has 1 aliphatic heterocycles. The molecule has 0 aliphatic carbocycles. The topological polar surface area (TPSA) is 32.3 Å². The van der Waals surface area contributed by atoms with Crippen molar-refractivity contribution in [3.8, 4) is 0 Å². The van der Waals surface area contributed by atoms with E-state index in [9.17, 15) is 5.11 Å². The first-order valence-corrected chi connectivity index (χ1v) is 7.37. The molecule has 0 radical (unpaired) electrons. The number of rotatable bonds is 4. The highest BCUT2D eigenvalue weighted by Gasteiger charge is 2.23. The number of hydrogen-bond donors (Lipinski definition) is 2. The van der Waals surface area contributed by atoms with Gasteiger partial charge in [-0.3, -0.25) is 0 Å². The van der Waals surface area contributed by atoms with E-state index in [0.717, 1.165) is 31.4 Å². The highest BCUT2D eigenvalue weighted by Crippen LogP contribution is 2.23. The van der Waals surface area contributed by atoms with Crippen LogP contribution in [0.5, 0.6) is 0 Å². The number of hydrogen-bond acceptors (Lipinski definition) is 2. The summed E-state index contributed by atoms with van der Waals surface area (Å²) in [6.45, 7) is 1.02. The first kappa shape index (κ1) is 13.3. The van der Waals surface area contributed by atoms with Crippen LogP contribution in [-0.2, 0) is 6.42 Å². The fourth-order valence-corrected chi connectivity index (χ4v) is 2.88. The molecule has 0 bridgehead atoms. The minimum atomic E-state index is -0.386. The molecule has 1 fully saturated rings. The van der Waals surface area contributed by atoms with Crippen molar-refractivity contribution in [1.29, 1.82) is 0 Å². The summed E-state index contributed by atoms with van der Waals surface area (Å²) >= 11 is 0. The second-order valence-electron chi connectivity index (χ2n) is 5.55. The molecule has 3 rings (SSSR count). The predicted molar refractivity (Wildman–Crippen MR) is 81.7 cm³/mol. The van der Waals surface area contributed by atoms with Crippen LogP contribution < -0.4 is 5.32 Å². The Morgan fingerprint density at radius 2 is 1.70 bits per heavy atom. The van der Waals surface area contributed by atoms with E-state index in [-0.39, 0.29) is 12.1 Å². The maximum Gasteiger partial charge on any atom is 0.0942 e. The van der Waals surface area contributed by atoms with Crippen molar-refractivity contribution in [2.24, 2.45) is 0 Å². The van der Waals surface area contributed by atoms with Gasteiger partial charge in [0.15, 0.2) is 0 Å². The molecule has 104 valence electrons. The van der Waals surface area contributed by atoms with Crippen LogP contribution in [0.1, 0.15) is 35.6 Å². The Bertz CT molecular complexity index is 529. The molecule has 2 nitrogen and oxygen atoms in total. The van der Waals surface area contributed by atoms with Gasteiger partial charge in [0.2, 0.25) is 0 Å². The van der Waals surface area contributed by atoms with Gasteiger partial charge >= 0.3 is 0 Å². The molecule has 1 heterocycles. The Morgan fingerprint density at radius 1 is 1.00 bits per heavy atom. The van der Waals surface area contributed by atoms with Crippen molar-refractivity contribution in [3.63, 3.8) is 0 Å². The van der Waals surface area contributed by atoms with Crippen LogP contribution >= 0.6 is 0 Å². The molecule has 0 aromatic heterocycles. The van der Waals surface area contributed by atoms with Crippen LogP contribution in [0.3, 0.4) is 0 Å². The van der Waals surface area contributed by atoms with E-state index in [1.54, 1.807) is 0 Å². The minimum Gasteiger partial charge on any atom is -0.387 e. The molecule has 20 heavy (non-hydrogen) atoms. The van der Waals surface area contributed by atoms with Gasteiger partial charge in [0, 0.05) is 6.04 Å². The summed E-state index contributed by atoms with van der Waals surface area (Å²) in [5, 5.41) is 13.7. The molecule has 2 atom stereocenters. The summed E-state index contributed by atoms with van der Waals surface area (Å²) in [4.78, 5) is 0. The molecular weight excluding hydrogens is 246 g/mol. The number of nitrogens with one attached hydrogen (secondary N) is 1. The predicted octanol–water partition coefficient (Wildman–Crippen LogP) is 3.06. The number of aliphatic hydroxyl groups excluding tert-OH is 1. The van der Waals surface area contributed by atoms with Crippen molar-refractivity contribution in [2.75, 3.05) is 6.54 Å². The molecule has 2 aromatic carbocycles. The summed E-state index contributed by atoms with van der Waals surface area (Å²) in [5.74, 6) is 0. The normalized spacial score (nSPS) is 19.9. The zero-order chi connectivity index (χ0) is 13.8. The third-order valence-corrected chi connectivity index (χ3v) is 4.05. The molecule has 2 heteroatoms. The molecular formula is C18H21NO. The Balaban J connectivity index is 1.68. The SMILES string of the molecule is OC(c1ccc(Cc2ccccc2)cc1)C1CCCN1. The smallest absolute Gasteiger partial charge is 0.0942 e. The Labute approximate surface area is 120 Å². The van der Waals surface area contributed by atoms with Gasteiger partial charge in [0.05, 0.1) is 6.10 Å². The Hall–Kier alpha value is -1.64. The van der Waals surface area contributed by atoms with Crippen LogP contribution in [-0.4, -0.2) is 17.7 Å². The van der Waals surface area contributed by atoms with E-state index in [1.807, 2.05) is 6.07 Å². The van der Waals surface area contributed by atoms with E-state index < -0.39 is 0 Å². The van der Waals surface area contributed by atoms with Crippen LogP contribution in [0.2, 0.25) is 0 Å². The summed E-state index contributed by atoms with van der Waals surface area (Å²) in [7, 11) is 0. The third-order valence-electron chi connectivity index (χ3n) is 4.05. The van der Waals surface area contributed by atoms with Gasteiger partial charge in [-0.15, -0.1) is 0 Å². The van der Waals surface area contributed by atoms with E-state index in [4.69, 9.17) is 0 Å². The molecule has 1 saturated heterocycles. The van der Waals surface area contributed by atoms with Gasteiger partial charge in [-0.05, 0) is 42.5 Å². The summed E-state index contributed by atoms with van der Waals surface area (Å²) in [6.07, 6.45) is 2.78. The maximum atomic E-state index is 10.3. The fraction of sp³-hybridized carbons (Fsp3) is 0.333. The number of benzene rings is 2. The van der Waals surface area contributed by atoms with Gasteiger partial charge in [-0.25, -0.2) is 0 Å². The van der Waals surface area contributed by atoms with E-state index in [0.29, 0.717) is 0 Å². The maximum absolute atomic E-state index is 10.3. The van der Waals surface area contributed by atoms with Crippen LogP contribution in [0.4, 0.5) is 0 Å². The average Bonchev–Trinajstić information content (AvgIpc) is 3.03. The standard InChI is InChI=1S/C18H21NO/c20-18(17-7-4-12-19-17)16-10-8-15(9-11-16)13-14-5-2-1-3-6-14/h1-3,5-6,8-11,17-20H,4,7,12-13H2. The first-order chi connectivity index (χ1) is 9.83. The molecule has 0 amide bonds. The molecule has 1 aliphatic rings. The summed E-state index contributed by atoms with van der Waals surface area (Å²) in [5.41, 5.74) is 3.62. The summed E-state index contributed by atoms with van der Waals surface area (Å²) < 4.78 is 0. The molecule has 2 unspecified atom stereocenters. The van der Waals surface area contributed by atoms with Gasteiger partial charge in [0.25, 0.3) is 0 Å². The molecule has 0 saturated carbocycles. The Kier molecular flexibility index (Phi) is 4.14. The van der Waals surface area contributed by atoms with Gasteiger partial charge in [-0.1, -0.05) is 54.6 Å². The van der Waals surface area contributed by atoms with Crippen molar-refractivity contribution in [3.05, 3.63) is 71.3 Å². The van der Waals surface area contributed by atoms with Gasteiger partial charge in [-0.2, -0.15) is 0 Å². The monoisotopic (exact) mass is 267 g/mol. The zero-order valence-corrected chi connectivity index (χ0v) is 11.6. The van der Waals surface area contributed by atoms with Crippen LogP contribution in [0, 0.1) is 0 Å². The van der Waals surface area contributed by atoms with Crippen molar-refractivity contribution in [2.45, 2.75) is 31.4 Å². The molecule has 2 aromatic rings. The lowest BCUT2D eigenvalue weighted by molar-refractivity contribution is 0.137. The van der Waals surface area contributed by atoms with Crippen LogP contribution in [0.25, 0.3) is 0 Å². The molecule has 2 N–H and O–H groups in total. The van der Waals surface area contributed by atoms with E-state index in [1.165, 1.54) is 11.1 Å². The van der Waals surface area contributed by atoms with Crippen molar-refractivity contribution >= 4 is 0 Å². The number of aliphatic hydroxyl groups is 1. The highest BCUT2D eigenvalue weighted by molar-refractivity contribution is 5.30. The Morgan fingerprint density at radius 3 is 2.35 bits per heavy atom. The lowest BCUT2D eigenvalue weighted by Crippen LogP contribution is -2.28. The van der Waals surface area contributed by atoms with E-state index >= 15 is 0 Å². The van der Waals surface area contributed by atoms with Crippen molar-refractivity contribution < 1.29 is 5.11 Å². The second kappa shape index (κ2) is 6.21. The largest absolute Gasteiger partial charge is 0.387 e. The second-order valence-corrected chi connectivity index (χ2v) is 5.55. The third kappa shape index (κ3) is 3.09. The lowest BCUT2D eigenvalue weighted by Gasteiger charge is -2.18. The van der Waals surface area contributed by atoms with Crippen molar-refractivity contribution in [1.82, 2.24) is 5.32 Å². The van der Waals surface area contributed by atoms with E-state index in [2.05, 4.69) is 53.8 Å². The molecule has 0 spiro atoms. The quantitative estimate of drug-likeness (QED) is 0.892. The highest BCUT2D eigenvalue weighted by atomic mass is 16.3. The van der Waals surface area contributed by atoms with Crippen LogP contribution in [0.15, 0.2) is 54.6 Å². The first-order valence-electron chi connectivity index (χ1n) is 7.37.